The minimum Gasteiger partial charge on any atom is -0.378 e. The molecule has 1 aliphatic carbocycles. The first kappa shape index (κ1) is 17.4. The zero-order valence-electron chi connectivity index (χ0n) is 15.1. The van der Waals surface area contributed by atoms with E-state index < -0.39 is 0 Å². The third-order valence-electron chi connectivity index (χ3n) is 5.52. The first-order valence-corrected chi connectivity index (χ1v) is 8.40. The van der Waals surface area contributed by atoms with Crippen LogP contribution in [-0.4, -0.2) is 39.5 Å². The standard InChI is InChI=1S/C18H25N5O2/c1-17(2)14(11-18(17,3)25-4)20-16(24)21-15-8-10-23(22-15)12-13-7-5-6-9-19-13/h5-10,14H,11-12H2,1-4H3,(H2,20,21,22,24). The zero-order valence-corrected chi connectivity index (χ0v) is 15.1. The van der Waals surface area contributed by atoms with Crippen LogP contribution in [0, 0.1) is 5.41 Å². The highest BCUT2D eigenvalue weighted by Gasteiger charge is 2.58. The van der Waals surface area contributed by atoms with E-state index in [-0.39, 0.29) is 23.1 Å². The van der Waals surface area contributed by atoms with Crippen molar-refractivity contribution >= 4 is 11.8 Å². The minimum atomic E-state index is -0.251. The van der Waals surface area contributed by atoms with Crippen LogP contribution in [0.1, 0.15) is 32.9 Å². The summed E-state index contributed by atoms with van der Waals surface area (Å²) in [6.07, 6.45) is 4.36. The quantitative estimate of drug-likeness (QED) is 0.874. The molecule has 7 heteroatoms. The number of nitrogens with one attached hydrogen (secondary N) is 2. The van der Waals surface area contributed by atoms with Gasteiger partial charge in [-0.25, -0.2) is 4.79 Å². The van der Waals surface area contributed by atoms with Crippen LogP contribution >= 0.6 is 0 Å². The molecule has 1 fully saturated rings. The molecule has 0 bridgehead atoms. The average Bonchev–Trinajstić information content (AvgIpc) is 3.01. The number of ether oxygens (including phenoxy) is 1. The molecule has 134 valence electrons. The summed E-state index contributed by atoms with van der Waals surface area (Å²) in [7, 11) is 1.71. The van der Waals surface area contributed by atoms with Gasteiger partial charge in [0.05, 0.1) is 17.8 Å². The highest BCUT2D eigenvalue weighted by atomic mass is 16.5. The van der Waals surface area contributed by atoms with Gasteiger partial charge >= 0.3 is 6.03 Å². The summed E-state index contributed by atoms with van der Waals surface area (Å²) in [5.74, 6) is 0.514. The maximum atomic E-state index is 12.2. The molecule has 0 saturated heterocycles. The van der Waals surface area contributed by atoms with Crippen molar-refractivity contribution in [3.05, 3.63) is 42.4 Å². The molecule has 2 aromatic rings. The van der Waals surface area contributed by atoms with Gasteiger partial charge in [-0.1, -0.05) is 19.9 Å². The Morgan fingerprint density at radius 2 is 2.16 bits per heavy atom. The Hall–Kier alpha value is -2.41. The van der Waals surface area contributed by atoms with Crippen molar-refractivity contribution in [1.29, 1.82) is 0 Å². The van der Waals surface area contributed by atoms with Crippen LogP contribution in [0.15, 0.2) is 36.7 Å². The van der Waals surface area contributed by atoms with Crippen molar-refractivity contribution in [2.24, 2.45) is 5.41 Å². The van der Waals surface area contributed by atoms with Gasteiger partial charge in [-0.2, -0.15) is 5.10 Å². The fourth-order valence-electron chi connectivity index (χ4n) is 3.21. The van der Waals surface area contributed by atoms with Crippen LogP contribution in [0.25, 0.3) is 0 Å². The number of hydrogen-bond donors (Lipinski definition) is 2. The van der Waals surface area contributed by atoms with Crippen LogP contribution in [-0.2, 0) is 11.3 Å². The van der Waals surface area contributed by atoms with E-state index in [2.05, 4.69) is 41.5 Å². The minimum absolute atomic E-state index is 0.0630. The number of rotatable bonds is 5. The van der Waals surface area contributed by atoms with E-state index in [1.54, 1.807) is 24.1 Å². The largest absolute Gasteiger partial charge is 0.378 e. The molecule has 0 aromatic carbocycles. The van der Waals surface area contributed by atoms with E-state index in [4.69, 9.17) is 4.74 Å². The van der Waals surface area contributed by atoms with Gasteiger partial charge in [-0.05, 0) is 25.5 Å². The molecule has 25 heavy (non-hydrogen) atoms. The van der Waals surface area contributed by atoms with Gasteiger partial charge in [0.15, 0.2) is 5.82 Å². The van der Waals surface area contributed by atoms with E-state index in [9.17, 15) is 4.79 Å². The van der Waals surface area contributed by atoms with Gasteiger partial charge in [0.1, 0.15) is 0 Å². The lowest BCUT2D eigenvalue weighted by Gasteiger charge is -2.58. The van der Waals surface area contributed by atoms with Gasteiger partial charge in [-0.3, -0.25) is 15.0 Å². The lowest BCUT2D eigenvalue weighted by atomic mass is 9.56. The third-order valence-corrected chi connectivity index (χ3v) is 5.52. The average molecular weight is 343 g/mol. The number of hydrogen-bond acceptors (Lipinski definition) is 4. The van der Waals surface area contributed by atoms with Gasteiger partial charge in [0.2, 0.25) is 0 Å². The van der Waals surface area contributed by atoms with E-state index in [1.807, 2.05) is 24.4 Å². The van der Waals surface area contributed by atoms with Crippen LogP contribution in [0.5, 0.6) is 0 Å². The van der Waals surface area contributed by atoms with Crippen molar-refractivity contribution in [1.82, 2.24) is 20.1 Å². The molecule has 7 nitrogen and oxygen atoms in total. The fraction of sp³-hybridized carbons (Fsp3) is 0.500. The monoisotopic (exact) mass is 343 g/mol. The molecule has 2 unspecified atom stereocenters. The Balaban J connectivity index is 1.54. The second-order valence-electron chi connectivity index (χ2n) is 7.23. The van der Waals surface area contributed by atoms with Crippen LogP contribution in [0.4, 0.5) is 10.6 Å². The number of aromatic nitrogens is 3. The Bertz CT molecular complexity index is 743. The number of urea groups is 1. The van der Waals surface area contributed by atoms with Crippen molar-refractivity contribution in [3.8, 4) is 0 Å². The number of amides is 2. The molecular weight excluding hydrogens is 318 g/mol. The van der Waals surface area contributed by atoms with Gasteiger partial charge in [0, 0.05) is 37.0 Å². The van der Waals surface area contributed by atoms with Crippen LogP contribution in [0.2, 0.25) is 0 Å². The molecule has 0 radical (unpaired) electrons. The number of pyridine rings is 1. The van der Waals surface area contributed by atoms with Gasteiger partial charge in [-0.15, -0.1) is 0 Å². The summed E-state index contributed by atoms with van der Waals surface area (Å²) in [5, 5.41) is 10.2. The Labute approximate surface area is 147 Å². The van der Waals surface area contributed by atoms with Crippen molar-refractivity contribution in [3.63, 3.8) is 0 Å². The molecule has 0 aliphatic heterocycles. The van der Waals surface area contributed by atoms with Gasteiger partial charge in [0.25, 0.3) is 0 Å². The van der Waals surface area contributed by atoms with Crippen LogP contribution < -0.4 is 10.6 Å². The molecule has 1 saturated carbocycles. The fourth-order valence-corrected chi connectivity index (χ4v) is 3.21. The third kappa shape index (κ3) is 3.37. The van der Waals surface area contributed by atoms with Crippen molar-refractivity contribution in [2.75, 3.05) is 12.4 Å². The normalized spacial score (nSPS) is 24.4. The summed E-state index contributed by atoms with van der Waals surface area (Å²) in [4.78, 5) is 16.5. The Morgan fingerprint density at radius 1 is 1.36 bits per heavy atom. The van der Waals surface area contributed by atoms with Crippen molar-refractivity contribution in [2.45, 2.75) is 45.4 Å². The van der Waals surface area contributed by atoms with E-state index >= 15 is 0 Å². The first-order valence-electron chi connectivity index (χ1n) is 8.40. The maximum Gasteiger partial charge on any atom is 0.320 e. The number of carbonyl (C=O) groups excluding carboxylic acids is 1. The number of anilines is 1. The summed E-state index contributed by atoms with van der Waals surface area (Å²) >= 11 is 0. The van der Waals surface area contributed by atoms with E-state index in [1.165, 1.54) is 0 Å². The predicted molar refractivity (Wildman–Crippen MR) is 95.3 cm³/mol. The highest BCUT2D eigenvalue weighted by Crippen LogP contribution is 2.51. The molecule has 2 aromatic heterocycles. The molecule has 2 N–H and O–H groups in total. The molecular formula is C18H25N5O2. The first-order chi connectivity index (χ1) is 11.8. The topological polar surface area (TPSA) is 81.1 Å². The van der Waals surface area contributed by atoms with Gasteiger partial charge < -0.3 is 10.1 Å². The highest BCUT2D eigenvalue weighted by molar-refractivity contribution is 5.88. The molecule has 3 rings (SSSR count). The smallest absolute Gasteiger partial charge is 0.320 e. The van der Waals surface area contributed by atoms with Crippen molar-refractivity contribution < 1.29 is 9.53 Å². The molecule has 2 amide bonds. The SMILES string of the molecule is COC1(C)CC(NC(=O)Nc2ccn(Cc3ccccn3)n2)C1(C)C. The second kappa shape index (κ2) is 6.48. The summed E-state index contributed by atoms with van der Waals surface area (Å²) in [6.45, 7) is 6.84. The summed E-state index contributed by atoms with van der Waals surface area (Å²) in [5.41, 5.74) is 0.573. The molecule has 1 aliphatic rings. The summed E-state index contributed by atoms with van der Waals surface area (Å²) in [6, 6.07) is 7.33. The second-order valence-corrected chi connectivity index (χ2v) is 7.23. The Morgan fingerprint density at radius 3 is 2.80 bits per heavy atom. The molecule has 0 spiro atoms. The Kier molecular flexibility index (Phi) is 4.51. The number of carbonyl (C=O) groups is 1. The molecule has 2 heterocycles. The van der Waals surface area contributed by atoms with E-state index in [0.29, 0.717) is 12.4 Å². The predicted octanol–water partition coefficient (Wildman–Crippen LogP) is 2.65. The number of nitrogens with zero attached hydrogens (tertiary/aromatic N) is 3. The maximum absolute atomic E-state index is 12.2. The zero-order chi connectivity index (χ0) is 18.1. The lowest BCUT2D eigenvalue weighted by Crippen LogP contribution is -2.68. The van der Waals surface area contributed by atoms with Crippen LogP contribution in [0.3, 0.4) is 0 Å². The number of methoxy groups -OCH3 is 1. The molecule has 2 atom stereocenters. The summed E-state index contributed by atoms with van der Waals surface area (Å²) < 4.78 is 7.33. The van der Waals surface area contributed by atoms with E-state index in [0.717, 1.165) is 12.1 Å². The lowest BCUT2D eigenvalue weighted by molar-refractivity contribution is -0.177.